The number of thioether (sulfide) groups is 1. The van der Waals surface area contributed by atoms with Crippen LogP contribution in [0, 0.1) is 0 Å². The number of carboxylic acid groups (broad SMARTS) is 1. The summed E-state index contributed by atoms with van der Waals surface area (Å²) in [7, 11) is 0. The third kappa shape index (κ3) is 3.27. The number of aliphatic carboxylic acids is 1. The van der Waals surface area contributed by atoms with Crippen LogP contribution < -0.4 is 0 Å². The molecule has 1 aromatic rings. The number of hydrogen-bond acceptors (Lipinski definition) is 4. The summed E-state index contributed by atoms with van der Waals surface area (Å²) in [5.74, 6) is -1.55. The van der Waals surface area contributed by atoms with E-state index in [0.29, 0.717) is 5.02 Å². The monoisotopic (exact) mass is 299 g/mol. The van der Waals surface area contributed by atoms with Crippen molar-refractivity contribution in [2.24, 2.45) is 0 Å². The Kier molecular flexibility index (Phi) is 4.11. The van der Waals surface area contributed by atoms with Crippen LogP contribution in [0.3, 0.4) is 0 Å². The first-order valence-corrected chi connectivity index (χ1v) is 6.71. The van der Waals surface area contributed by atoms with E-state index in [9.17, 15) is 14.4 Å². The van der Waals surface area contributed by atoms with Crippen LogP contribution in [-0.4, -0.2) is 32.4 Å². The number of halogens is 1. The maximum atomic E-state index is 11.9. The summed E-state index contributed by atoms with van der Waals surface area (Å²) in [6.45, 7) is 0.112. The van der Waals surface area contributed by atoms with E-state index in [2.05, 4.69) is 0 Å². The van der Waals surface area contributed by atoms with Crippen LogP contribution in [0.2, 0.25) is 5.02 Å². The van der Waals surface area contributed by atoms with Crippen molar-refractivity contribution in [1.82, 2.24) is 4.90 Å². The number of carboxylic acids is 1. The molecule has 19 heavy (non-hydrogen) atoms. The number of nitrogens with zero attached hydrogens (tertiary/aromatic N) is 1. The number of benzene rings is 1. The molecule has 1 fully saturated rings. The number of carbonyl (C=O) groups is 3. The number of amides is 2. The average molecular weight is 300 g/mol. The van der Waals surface area contributed by atoms with Gasteiger partial charge in [0.2, 0.25) is 5.91 Å². The van der Waals surface area contributed by atoms with Gasteiger partial charge in [-0.05, 0) is 17.7 Å². The molecule has 0 aliphatic carbocycles. The third-order valence-electron chi connectivity index (χ3n) is 2.59. The van der Waals surface area contributed by atoms with E-state index in [-0.39, 0.29) is 13.0 Å². The molecule has 1 heterocycles. The molecular formula is C12H10ClNO4S. The van der Waals surface area contributed by atoms with Gasteiger partial charge in [0.1, 0.15) is 5.25 Å². The Hall–Kier alpha value is -1.53. The van der Waals surface area contributed by atoms with Gasteiger partial charge in [0.25, 0.3) is 5.24 Å². The second kappa shape index (κ2) is 5.63. The van der Waals surface area contributed by atoms with Crippen LogP contribution in [0.5, 0.6) is 0 Å². The van der Waals surface area contributed by atoms with Gasteiger partial charge in [0.15, 0.2) is 0 Å². The first-order chi connectivity index (χ1) is 8.97. The van der Waals surface area contributed by atoms with E-state index in [1.807, 2.05) is 0 Å². The van der Waals surface area contributed by atoms with E-state index < -0.39 is 22.4 Å². The van der Waals surface area contributed by atoms with Crippen LogP contribution in [0.25, 0.3) is 0 Å². The predicted octanol–water partition coefficient (Wildman–Crippen LogP) is 2.38. The molecule has 0 bridgehead atoms. The maximum Gasteiger partial charge on any atom is 0.305 e. The van der Waals surface area contributed by atoms with Crippen LogP contribution in [0.4, 0.5) is 4.79 Å². The molecule has 5 nitrogen and oxygen atoms in total. The van der Waals surface area contributed by atoms with E-state index in [1.165, 1.54) is 0 Å². The molecule has 1 N–H and O–H groups in total. The topological polar surface area (TPSA) is 74.7 Å². The van der Waals surface area contributed by atoms with Gasteiger partial charge >= 0.3 is 5.97 Å². The lowest BCUT2D eigenvalue weighted by Gasteiger charge is -2.13. The molecule has 7 heteroatoms. The molecule has 1 aromatic carbocycles. The van der Waals surface area contributed by atoms with Crippen molar-refractivity contribution in [3.05, 3.63) is 34.9 Å². The lowest BCUT2D eigenvalue weighted by Crippen LogP contribution is -2.31. The highest BCUT2D eigenvalue weighted by Gasteiger charge is 2.40. The summed E-state index contributed by atoms with van der Waals surface area (Å²) >= 11 is 6.59. The molecule has 0 unspecified atom stereocenters. The second-order valence-electron chi connectivity index (χ2n) is 4.02. The minimum Gasteiger partial charge on any atom is -0.481 e. The summed E-state index contributed by atoms with van der Waals surface area (Å²) in [5.41, 5.74) is 0.728. The van der Waals surface area contributed by atoms with Gasteiger partial charge in [0, 0.05) is 5.02 Å². The van der Waals surface area contributed by atoms with E-state index in [1.54, 1.807) is 24.3 Å². The fraction of sp³-hybridized carbons (Fsp3) is 0.250. The zero-order valence-electron chi connectivity index (χ0n) is 9.71. The highest BCUT2D eigenvalue weighted by molar-refractivity contribution is 8.15. The molecular weight excluding hydrogens is 290 g/mol. The SMILES string of the molecule is O=C(O)C[C@@H]1SC(=O)N(Cc2cccc(Cl)c2)C1=O. The van der Waals surface area contributed by atoms with Gasteiger partial charge in [-0.25, -0.2) is 0 Å². The molecule has 0 saturated carbocycles. The highest BCUT2D eigenvalue weighted by Crippen LogP contribution is 2.30. The fourth-order valence-corrected chi connectivity index (χ4v) is 2.94. The maximum absolute atomic E-state index is 11.9. The van der Waals surface area contributed by atoms with Crippen molar-refractivity contribution in [3.63, 3.8) is 0 Å². The zero-order chi connectivity index (χ0) is 14.0. The Morgan fingerprint density at radius 3 is 2.79 bits per heavy atom. The van der Waals surface area contributed by atoms with Crippen LogP contribution >= 0.6 is 23.4 Å². The summed E-state index contributed by atoms with van der Waals surface area (Å²) < 4.78 is 0. The normalized spacial score (nSPS) is 19.0. The van der Waals surface area contributed by atoms with E-state index >= 15 is 0 Å². The van der Waals surface area contributed by atoms with E-state index in [0.717, 1.165) is 22.2 Å². The Bertz CT molecular complexity index is 548. The molecule has 2 rings (SSSR count). The first kappa shape index (κ1) is 13.9. The van der Waals surface area contributed by atoms with Crippen molar-refractivity contribution >= 4 is 40.5 Å². The zero-order valence-corrected chi connectivity index (χ0v) is 11.3. The number of carbonyl (C=O) groups excluding carboxylic acids is 2. The number of rotatable bonds is 4. The summed E-state index contributed by atoms with van der Waals surface area (Å²) in [6.07, 6.45) is -0.346. The van der Waals surface area contributed by atoms with Crippen molar-refractivity contribution in [2.75, 3.05) is 0 Å². The molecule has 100 valence electrons. The van der Waals surface area contributed by atoms with Gasteiger partial charge in [-0.15, -0.1) is 0 Å². The van der Waals surface area contributed by atoms with Gasteiger partial charge in [-0.1, -0.05) is 35.5 Å². The average Bonchev–Trinajstić information content (AvgIpc) is 2.56. The Morgan fingerprint density at radius 1 is 1.42 bits per heavy atom. The molecule has 0 aromatic heterocycles. The Balaban J connectivity index is 2.10. The molecule has 1 atom stereocenters. The summed E-state index contributed by atoms with van der Waals surface area (Å²) in [5, 5.41) is 7.95. The quantitative estimate of drug-likeness (QED) is 0.924. The molecule has 1 saturated heterocycles. The highest BCUT2D eigenvalue weighted by atomic mass is 35.5. The lowest BCUT2D eigenvalue weighted by molar-refractivity contribution is -0.139. The number of hydrogen-bond donors (Lipinski definition) is 1. The molecule has 0 radical (unpaired) electrons. The second-order valence-corrected chi connectivity index (χ2v) is 5.61. The van der Waals surface area contributed by atoms with Crippen LogP contribution in [0.1, 0.15) is 12.0 Å². The van der Waals surface area contributed by atoms with Gasteiger partial charge < -0.3 is 5.11 Å². The molecule has 1 aliphatic rings. The van der Waals surface area contributed by atoms with Crippen molar-refractivity contribution in [2.45, 2.75) is 18.2 Å². The van der Waals surface area contributed by atoms with Crippen molar-refractivity contribution in [3.8, 4) is 0 Å². The van der Waals surface area contributed by atoms with Crippen LogP contribution in [-0.2, 0) is 16.1 Å². The minimum absolute atomic E-state index is 0.112. The lowest BCUT2D eigenvalue weighted by atomic mass is 10.2. The van der Waals surface area contributed by atoms with Crippen LogP contribution in [0.15, 0.2) is 24.3 Å². The summed E-state index contributed by atoms with van der Waals surface area (Å²) in [4.78, 5) is 35.3. The smallest absolute Gasteiger partial charge is 0.305 e. The predicted molar refractivity (Wildman–Crippen MR) is 71.0 cm³/mol. The number of imide groups is 1. The van der Waals surface area contributed by atoms with Gasteiger partial charge in [0.05, 0.1) is 13.0 Å². The first-order valence-electron chi connectivity index (χ1n) is 5.45. The molecule has 2 amide bonds. The van der Waals surface area contributed by atoms with Gasteiger partial charge in [-0.3, -0.25) is 19.3 Å². The van der Waals surface area contributed by atoms with Gasteiger partial charge in [-0.2, -0.15) is 0 Å². The third-order valence-corrected chi connectivity index (χ3v) is 3.90. The minimum atomic E-state index is -1.09. The Morgan fingerprint density at radius 2 is 2.16 bits per heavy atom. The molecule has 0 spiro atoms. The van der Waals surface area contributed by atoms with Crippen molar-refractivity contribution in [1.29, 1.82) is 0 Å². The molecule has 1 aliphatic heterocycles. The Labute approximate surface area is 118 Å². The van der Waals surface area contributed by atoms with Crippen molar-refractivity contribution < 1.29 is 19.5 Å². The van der Waals surface area contributed by atoms with E-state index in [4.69, 9.17) is 16.7 Å². The standard InChI is InChI=1S/C12H10ClNO4S/c13-8-3-1-2-7(4-8)6-14-11(17)9(5-10(15)16)19-12(14)18/h1-4,9H,5-6H2,(H,15,16)/t9-/m0/s1. The fourth-order valence-electron chi connectivity index (χ4n) is 1.75. The summed E-state index contributed by atoms with van der Waals surface area (Å²) in [6, 6.07) is 6.84. The largest absolute Gasteiger partial charge is 0.481 e.